The lowest BCUT2D eigenvalue weighted by atomic mass is 9.98. The normalized spacial score (nSPS) is 11.4. The smallest absolute Gasteiger partial charge is 0.208 e. The van der Waals surface area contributed by atoms with Crippen LogP contribution in [-0.4, -0.2) is 24.4 Å². The summed E-state index contributed by atoms with van der Waals surface area (Å²) in [4.78, 5) is 2.12. The predicted octanol–water partition coefficient (Wildman–Crippen LogP) is 3.48. The Morgan fingerprint density at radius 3 is 2.30 bits per heavy atom. The van der Waals surface area contributed by atoms with Crippen molar-refractivity contribution in [2.45, 2.75) is 32.7 Å². The van der Waals surface area contributed by atoms with Crippen LogP contribution in [0.25, 0.3) is 0 Å². The number of anilines is 1. The van der Waals surface area contributed by atoms with E-state index >= 15 is 0 Å². The Morgan fingerprint density at radius 2 is 1.80 bits per heavy atom. The second kappa shape index (κ2) is 5.79. The van der Waals surface area contributed by atoms with Crippen LogP contribution < -0.4 is 9.64 Å². The Balaban J connectivity index is 2.07. The van der Waals surface area contributed by atoms with E-state index in [9.17, 15) is 0 Å². The van der Waals surface area contributed by atoms with Crippen LogP contribution in [0.5, 0.6) is 5.75 Å². The minimum atomic E-state index is 0.0525. The fraction of sp³-hybridized carbons (Fsp3) is 0.467. The first kappa shape index (κ1) is 14.8. The highest BCUT2D eigenvalue weighted by atomic mass is 32.1. The first-order chi connectivity index (χ1) is 9.40. The third-order valence-electron chi connectivity index (χ3n) is 2.96. The van der Waals surface area contributed by atoms with Crippen molar-refractivity contribution in [2.24, 2.45) is 0 Å². The molecule has 20 heavy (non-hydrogen) atoms. The maximum Gasteiger partial charge on any atom is 0.208 e. The Kier molecular flexibility index (Phi) is 4.28. The zero-order chi connectivity index (χ0) is 14.8. The molecule has 0 aliphatic rings. The highest BCUT2D eigenvalue weighted by Gasteiger charge is 2.20. The fourth-order valence-electron chi connectivity index (χ4n) is 1.75. The van der Waals surface area contributed by atoms with E-state index in [1.165, 1.54) is 5.56 Å². The van der Waals surface area contributed by atoms with Gasteiger partial charge in [-0.3, -0.25) is 0 Å². The molecule has 1 aromatic carbocycles. The molecule has 0 bridgehead atoms. The lowest BCUT2D eigenvalue weighted by Crippen LogP contribution is -2.16. The van der Waals surface area contributed by atoms with Gasteiger partial charge in [0.2, 0.25) is 5.13 Å². The third-order valence-corrected chi connectivity index (χ3v) is 4.42. The van der Waals surface area contributed by atoms with Crippen LogP contribution in [0, 0.1) is 0 Å². The molecule has 1 aromatic heterocycles. The van der Waals surface area contributed by atoms with Crippen LogP contribution >= 0.6 is 11.3 Å². The van der Waals surface area contributed by atoms with Gasteiger partial charge < -0.3 is 9.64 Å². The molecule has 4 nitrogen and oxygen atoms in total. The number of hydrogen-bond donors (Lipinski definition) is 0. The minimum absolute atomic E-state index is 0.0525. The quantitative estimate of drug-likeness (QED) is 0.864. The largest absolute Gasteiger partial charge is 0.497 e. The van der Waals surface area contributed by atoms with Crippen LogP contribution in [0.3, 0.4) is 0 Å². The zero-order valence-electron chi connectivity index (χ0n) is 12.7. The molecule has 0 saturated heterocycles. The summed E-state index contributed by atoms with van der Waals surface area (Å²) in [6.45, 7) is 7.27. The van der Waals surface area contributed by atoms with Gasteiger partial charge in [0.05, 0.1) is 7.11 Å². The fourth-order valence-corrected chi connectivity index (χ4v) is 2.61. The molecule has 0 N–H and O–H groups in total. The van der Waals surface area contributed by atoms with Gasteiger partial charge in [0.15, 0.2) is 0 Å². The summed E-state index contributed by atoms with van der Waals surface area (Å²) in [5, 5.41) is 10.6. The van der Waals surface area contributed by atoms with Crippen molar-refractivity contribution in [2.75, 3.05) is 19.1 Å². The van der Waals surface area contributed by atoms with Gasteiger partial charge in [-0.15, -0.1) is 10.2 Å². The Morgan fingerprint density at radius 1 is 1.15 bits per heavy atom. The van der Waals surface area contributed by atoms with Crippen LogP contribution in [0.1, 0.15) is 31.3 Å². The highest BCUT2D eigenvalue weighted by molar-refractivity contribution is 7.15. The van der Waals surface area contributed by atoms with E-state index in [2.05, 4.69) is 48.0 Å². The van der Waals surface area contributed by atoms with Crippen LogP contribution in [0.2, 0.25) is 0 Å². The van der Waals surface area contributed by atoms with Crippen molar-refractivity contribution >= 4 is 16.5 Å². The molecule has 1 heterocycles. The van der Waals surface area contributed by atoms with E-state index < -0.39 is 0 Å². The molecule has 0 saturated carbocycles. The van der Waals surface area contributed by atoms with Gasteiger partial charge in [0.25, 0.3) is 0 Å². The summed E-state index contributed by atoms with van der Waals surface area (Å²) in [6, 6.07) is 8.09. The predicted molar refractivity (Wildman–Crippen MR) is 83.7 cm³/mol. The lowest BCUT2D eigenvalue weighted by Gasteiger charge is -2.16. The molecule has 0 spiro atoms. The second-order valence-corrected chi connectivity index (χ2v) is 6.80. The molecule has 0 aliphatic carbocycles. The Labute approximate surface area is 124 Å². The molecule has 5 heteroatoms. The van der Waals surface area contributed by atoms with Crippen LogP contribution in [-0.2, 0) is 12.0 Å². The number of hydrogen-bond acceptors (Lipinski definition) is 5. The average molecular weight is 291 g/mol. The van der Waals surface area contributed by atoms with Crippen molar-refractivity contribution in [3.05, 3.63) is 34.8 Å². The summed E-state index contributed by atoms with van der Waals surface area (Å²) in [5.74, 6) is 0.877. The first-order valence-corrected chi connectivity index (χ1v) is 7.40. The van der Waals surface area contributed by atoms with E-state index in [0.29, 0.717) is 0 Å². The van der Waals surface area contributed by atoms with E-state index in [1.807, 2.05) is 19.2 Å². The van der Waals surface area contributed by atoms with Crippen LogP contribution in [0.4, 0.5) is 5.13 Å². The lowest BCUT2D eigenvalue weighted by molar-refractivity contribution is 0.414. The highest BCUT2D eigenvalue weighted by Crippen LogP contribution is 2.29. The van der Waals surface area contributed by atoms with Gasteiger partial charge in [0.1, 0.15) is 10.8 Å². The van der Waals surface area contributed by atoms with Crippen molar-refractivity contribution in [1.82, 2.24) is 10.2 Å². The average Bonchev–Trinajstić information content (AvgIpc) is 2.89. The summed E-state index contributed by atoms with van der Waals surface area (Å²) in [7, 11) is 3.72. The van der Waals surface area contributed by atoms with Crippen molar-refractivity contribution in [1.29, 1.82) is 0 Å². The third kappa shape index (κ3) is 3.48. The van der Waals surface area contributed by atoms with E-state index in [1.54, 1.807) is 18.4 Å². The molecular formula is C15H21N3OS. The summed E-state index contributed by atoms with van der Waals surface area (Å²) in [6.07, 6.45) is 0. The van der Waals surface area contributed by atoms with Crippen molar-refractivity contribution in [3.63, 3.8) is 0 Å². The summed E-state index contributed by atoms with van der Waals surface area (Å²) in [5.41, 5.74) is 1.28. The van der Waals surface area contributed by atoms with Crippen molar-refractivity contribution < 1.29 is 4.74 Å². The van der Waals surface area contributed by atoms with Gasteiger partial charge in [-0.05, 0) is 17.7 Å². The Bertz CT molecular complexity index is 557. The SMILES string of the molecule is COc1ccc(CN(C)c2nnc(C(C)(C)C)s2)cc1. The number of methoxy groups -OCH3 is 1. The van der Waals surface area contributed by atoms with E-state index in [4.69, 9.17) is 4.74 Å². The molecule has 0 atom stereocenters. The van der Waals surface area contributed by atoms with E-state index in [-0.39, 0.29) is 5.41 Å². The topological polar surface area (TPSA) is 38.2 Å². The van der Waals surface area contributed by atoms with Gasteiger partial charge in [-0.25, -0.2) is 0 Å². The molecule has 0 radical (unpaired) electrons. The summed E-state index contributed by atoms with van der Waals surface area (Å²) < 4.78 is 5.17. The molecule has 2 aromatic rings. The summed E-state index contributed by atoms with van der Waals surface area (Å²) >= 11 is 1.65. The van der Waals surface area contributed by atoms with E-state index in [0.717, 1.165) is 22.4 Å². The number of ether oxygens (including phenoxy) is 1. The Hall–Kier alpha value is -1.62. The molecule has 0 aliphatic heterocycles. The zero-order valence-corrected chi connectivity index (χ0v) is 13.5. The second-order valence-electron chi connectivity index (χ2n) is 5.84. The standard InChI is InChI=1S/C15H21N3OS/c1-15(2,3)13-16-17-14(20-13)18(4)10-11-6-8-12(19-5)9-7-11/h6-9H,10H2,1-5H3. The molecule has 2 rings (SSSR count). The maximum atomic E-state index is 5.17. The molecule has 0 fully saturated rings. The van der Waals surface area contributed by atoms with Crippen LogP contribution in [0.15, 0.2) is 24.3 Å². The molecule has 0 amide bonds. The monoisotopic (exact) mass is 291 g/mol. The molecular weight excluding hydrogens is 270 g/mol. The van der Waals surface area contributed by atoms with Crippen molar-refractivity contribution in [3.8, 4) is 5.75 Å². The number of aromatic nitrogens is 2. The van der Waals surface area contributed by atoms with Gasteiger partial charge >= 0.3 is 0 Å². The van der Waals surface area contributed by atoms with Gasteiger partial charge in [-0.2, -0.15) is 0 Å². The number of rotatable bonds is 4. The number of benzene rings is 1. The van der Waals surface area contributed by atoms with Gasteiger partial charge in [-0.1, -0.05) is 44.2 Å². The molecule has 0 unspecified atom stereocenters. The first-order valence-electron chi connectivity index (χ1n) is 6.58. The minimum Gasteiger partial charge on any atom is -0.497 e. The van der Waals surface area contributed by atoms with Gasteiger partial charge in [0, 0.05) is 19.0 Å². The maximum absolute atomic E-state index is 5.17. The molecule has 108 valence electrons. The number of nitrogens with zero attached hydrogens (tertiary/aromatic N) is 3.